The van der Waals surface area contributed by atoms with Gasteiger partial charge in [-0.3, -0.25) is 0 Å². The summed E-state index contributed by atoms with van der Waals surface area (Å²) in [5.74, 6) is 2.57. The highest BCUT2D eigenvalue weighted by Crippen LogP contribution is 2.32. The Hall–Kier alpha value is -2.97. The maximum absolute atomic E-state index is 5.52. The van der Waals surface area contributed by atoms with Gasteiger partial charge in [0.2, 0.25) is 12.6 Å². The van der Waals surface area contributed by atoms with Crippen molar-refractivity contribution in [1.82, 2.24) is 20.2 Å². The van der Waals surface area contributed by atoms with Crippen LogP contribution in [0.15, 0.2) is 48.5 Å². The van der Waals surface area contributed by atoms with Crippen LogP contribution in [0.25, 0.3) is 0 Å². The predicted octanol–water partition coefficient (Wildman–Crippen LogP) is -0.115. The lowest BCUT2D eigenvalue weighted by Gasteiger charge is -2.33. The fourth-order valence-electron chi connectivity index (χ4n) is 4.77. The zero-order valence-corrected chi connectivity index (χ0v) is 18.0. The van der Waals surface area contributed by atoms with Gasteiger partial charge in [-0.2, -0.15) is 0 Å². The van der Waals surface area contributed by atoms with Crippen molar-refractivity contribution in [2.45, 2.75) is 32.5 Å². The number of benzene rings is 2. The standard InChI is InChI=1S/C23H28N6O2/c1-2-20(28-12-10-27(11-13-28)15-18-6-4-3-5-7-18)23-24-25-26-29(23)16-19-8-9-21-22(14-19)31-17-30-21/h3-9,14,20H,2,10-13,15-17H2,1H3/p+2/t20-/m0/s1. The van der Waals surface area contributed by atoms with Gasteiger partial charge >= 0.3 is 0 Å². The molecule has 1 fully saturated rings. The van der Waals surface area contributed by atoms with E-state index in [0.29, 0.717) is 12.6 Å². The minimum absolute atomic E-state index is 0.286. The van der Waals surface area contributed by atoms with Gasteiger partial charge in [-0.1, -0.05) is 43.3 Å². The van der Waals surface area contributed by atoms with E-state index in [2.05, 4.69) is 58.8 Å². The van der Waals surface area contributed by atoms with Crippen LogP contribution in [0, 0.1) is 0 Å². The average molecular weight is 423 g/mol. The molecule has 3 heterocycles. The maximum atomic E-state index is 5.52. The van der Waals surface area contributed by atoms with Crippen LogP contribution >= 0.6 is 0 Å². The molecule has 0 aliphatic carbocycles. The summed E-state index contributed by atoms with van der Waals surface area (Å²) in [7, 11) is 0. The molecule has 0 saturated carbocycles. The molecular formula is C23H30N6O2+2. The molecule has 8 nitrogen and oxygen atoms in total. The molecule has 8 heteroatoms. The highest BCUT2D eigenvalue weighted by atomic mass is 16.7. The van der Waals surface area contributed by atoms with E-state index in [1.54, 1.807) is 9.80 Å². The third-order valence-corrected chi connectivity index (χ3v) is 6.44. The number of ether oxygens (including phenoxy) is 2. The topological polar surface area (TPSA) is 70.9 Å². The van der Waals surface area contributed by atoms with Gasteiger partial charge in [-0.25, -0.2) is 4.68 Å². The Morgan fingerprint density at radius 3 is 2.58 bits per heavy atom. The number of hydrogen-bond acceptors (Lipinski definition) is 5. The van der Waals surface area contributed by atoms with Gasteiger partial charge in [0, 0.05) is 12.0 Å². The first-order valence-corrected chi connectivity index (χ1v) is 11.2. The number of fused-ring (bicyclic) bond motifs is 1. The van der Waals surface area contributed by atoms with E-state index >= 15 is 0 Å². The van der Waals surface area contributed by atoms with Crippen molar-refractivity contribution in [1.29, 1.82) is 0 Å². The molecule has 2 aliphatic heterocycles. The second-order valence-corrected chi connectivity index (χ2v) is 8.41. The van der Waals surface area contributed by atoms with Gasteiger partial charge in [0.1, 0.15) is 38.8 Å². The van der Waals surface area contributed by atoms with Crippen molar-refractivity contribution < 1.29 is 19.3 Å². The summed E-state index contributed by atoms with van der Waals surface area (Å²) in [6, 6.07) is 17.1. The highest BCUT2D eigenvalue weighted by Gasteiger charge is 2.33. The molecule has 1 atom stereocenters. The van der Waals surface area contributed by atoms with E-state index < -0.39 is 0 Å². The number of nitrogens with one attached hydrogen (secondary N) is 2. The van der Waals surface area contributed by atoms with Crippen molar-refractivity contribution >= 4 is 0 Å². The number of quaternary nitrogens is 2. The van der Waals surface area contributed by atoms with Gasteiger partial charge in [0.15, 0.2) is 11.5 Å². The summed E-state index contributed by atoms with van der Waals surface area (Å²) in [5, 5.41) is 12.8. The van der Waals surface area contributed by atoms with Crippen LogP contribution in [0.4, 0.5) is 0 Å². The van der Waals surface area contributed by atoms with Gasteiger partial charge in [0.25, 0.3) is 0 Å². The third kappa shape index (κ3) is 4.40. The smallest absolute Gasteiger partial charge is 0.231 e. The first kappa shape index (κ1) is 20.0. The number of nitrogens with zero attached hydrogens (tertiary/aromatic N) is 4. The average Bonchev–Trinajstić information content (AvgIpc) is 3.46. The molecule has 0 unspecified atom stereocenters. The lowest BCUT2D eigenvalue weighted by molar-refractivity contribution is -1.03. The fraction of sp³-hybridized carbons (Fsp3) is 0.435. The molecule has 0 spiro atoms. The summed E-state index contributed by atoms with van der Waals surface area (Å²) < 4.78 is 12.9. The quantitative estimate of drug-likeness (QED) is 0.556. The molecule has 1 aromatic heterocycles. The second-order valence-electron chi connectivity index (χ2n) is 8.41. The first-order chi connectivity index (χ1) is 15.3. The summed E-state index contributed by atoms with van der Waals surface area (Å²) in [5.41, 5.74) is 2.53. The number of aromatic nitrogens is 4. The molecule has 162 valence electrons. The van der Waals surface area contributed by atoms with E-state index in [-0.39, 0.29) is 6.79 Å². The summed E-state index contributed by atoms with van der Waals surface area (Å²) in [6.07, 6.45) is 1.02. The molecule has 5 rings (SSSR count). The summed E-state index contributed by atoms with van der Waals surface area (Å²) in [6.45, 7) is 8.87. The van der Waals surface area contributed by atoms with Crippen LogP contribution in [0.1, 0.15) is 36.3 Å². The highest BCUT2D eigenvalue weighted by molar-refractivity contribution is 5.44. The molecule has 2 aromatic carbocycles. The summed E-state index contributed by atoms with van der Waals surface area (Å²) in [4.78, 5) is 3.24. The van der Waals surface area contributed by atoms with E-state index in [0.717, 1.165) is 48.9 Å². The van der Waals surface area contributed by atoms with Crippen LogP contribution in [0.5, 0.6) is 11.5 Å². The molecule has 0 radical (unpaired) electrons. The third-order valence-electron chi connectivity index (χ3n) is 6.44. The largest absolute Gasteiger partial charge is 0.454 e. The van der Waals surface area contributed by atoms with Gasteiger partial charge in [0.05, 0.1) is 6.54 Å². The minimum atomic E-state index is 0.286. The van der Waals surface area contributed by atoms with Crippen molar-refractivity contribution in [2.75, 3.05) is 33.0 Å². The Kier molecular flexibility index (Phi) is 5.82. The number of tetrazole rings is 1. The van der Waals surface area contributed by atoms with Crippen molar-refractivity contribution in [3.63, 3.8) is 0 Å². The van der Waals surface area contributed by atoms with Crippen molar-refractivity contribution in [3.05, 3.63) is 65.5 Å². The van der Waals surface area contributed by atoms with Crippen LogP contribution in [-0.2, 0) is 13.1 Å². The lowest BCUT2D eigenvalue weighted by Crippen LogP contribution is -3.27. The van der Waals surface area contributed by atoms with Gasteiger partial charge in [-0.15, -0.1) is 5.10 Å². The van der Waals surface area contributed by atoms with Crippen LogP contribution < -0.4 is 19.3 Å². The van der Waals surface area contributed by atoms with Gasteiger partial charge < -0.3 is 19.3 Å². The van der Waals surface area contributed by atoms with E-state index in [4.69, 9.17) is 9.47 Å². The molecule has 3 aromatic rings. The van der Waals surface area contributed by atoms with E-state index in [1.807, 2.05) is 16.8 Å². The molecule has 0 amide bonds. The zero-order valence-electron chi connectivity index (χ0n) is 18.0. The monoisotopic (exact) mass is 422 g/mol. The lowest BCUT2D eigenvalue weighted by atomic mass is 10.1. The molecule has 2 N–H and O–H groups in total. The molecule has 0 bridgehead atoms. The Morgan fingerprint density at radius 1 is 0.968 bits per heavy atom. The Balaban J connectivity index is 1.24. The Morgan fingerprint density at radius 2 is 1.77 bits per heavy atom. The number of rotatable bonds is 7. The van der Waals surface area contributed by atoms with Crippen LogP contribution in [0.3, 0.4) is 0 Å². The molecule has 1 saturated heterocycles. The molecule has 31 heavy (non-hydrogen) atoms. The van der Waals surface area contributed by atoms with Crippen molar-refractivity contribution in [3.8, 4) is 11.5 Å². The number of hydrogen-bond donors (Lipinski definition) is 2. The number of piperazine rings is 1. The maximum Gasteiger partial charge on any atom is 0.231 e. The second kappa shape index (κ2) is 9.03. The van der Waals surface area contributed by atoms with Crippen LogP contribution in [-0.4, -0.2) is 53.2 Å². The van der Waals surface area contributed by atoms with E-state index in [9.17, 15) is 0 Å². The van der Waals surface area contributed by atoms with E-state index in [1.165, 1.54) is 18.7 Å². The Labute approximate surface area is 182 Å². The van der Waals surface area contributed by atoms with Crippen molar-refractivity contribution in [2.24, 2.45) is 0 Å². The Bertz CT molecular complexity index is 1000. The SMILES string of the molecule is CC[C@@H](c1nnnn1Cc1ccc2c(c1)OCO2)[NH+]1CC[NH+](Cc2ccccc2)CC1. The minimum Gasteiger partial charge on any atom is -0.454 e. The zero-order chi connectivity index (χ0) is 21.0. The van der Waals surface area contributed by atoms with Gasteiger partial charge in [-0.05, 0) is 28.1 Å². The normalized spacial score (nSPS) is 21.2. The fourth-order valence-corrected chi connectivity index (χ4v) is 4.77. The van der Waals surface area contributed by atoms with Crippen LogP contribution in [0.2, 0.25) is 0 Å². The molecular weight excluding hydrogens is 392 g/mol. The first-order valence-electron chi connectivity index (χ1n) is 11.2. The molecule has 2 aliphatic rings. The predicted molar refractivity (Wildman–Crippen MR) is 114 cm³/mol. The summed E-state index contributed by atoms with van der Waals surface area (Å²) >= 11 is 0.